The molecule has 0 fully saturated rings. The van der Waals surface area contributed by atoms with Gasteiger partial charge in [0.05, 0.1) is 23.3 Å². The summed E-state index contributed by atoms with van der Waals surface area (Å²) in [6.07, 6.45) is 2.24. The maximum atomic E-state index is 12.5. The maximum absolute atomic E-state index is 12.5. The van der Waals surface area contributed by atoms with Gasteiger partial charge >= 0.3 is 0 Å². The Kier molecular flexibility index (Phi) is 4.40. The molecule has 0 unspecified atom stereocenters. The smallest absolute Gasteiger partial charge is 0.262 e. The summed E-state index contributed by atoms with van der Waals surface area (Å²) in [6.45, 7) is 1.89. The zero-order valence-electron chi connectivity index (χ0n) is 12.9. The Labute approximate surface area is 142 Å². The molecular formula is C17H14N4O2S. The molecular weight excluding hydrogens is 324 g/mol. The lowest BCUT2D eigenvalue weighted by Crippen LogP contribution is -2.27. The van der Waals surface area contributed by atoms with Crippen LogP contribution >= 0.6 is 11.3 Å². The molecule has 0 aliphatic heterocycles. The monoisotopic (exact) mass is 338 g/mol. The fourth-order valence-electron chi connectivity index (χ4n) is 2.32. The molecule has 0 aliphatic carbocycles. The molecule has 1 amide bonds. The first kappa shape index (κ1) is 15.9. The Balaban J connectivity index is 1.81. The summed E-state index contributed by atoms with van der Waals surface area (Å²) in [4.78, 5) is 30.6. The second kappa shape index (κ2) is 6.64. The number of aryl methyl sites for hydroxylation is 1. The standard InChI is InChI=1S/C17H14N4O2S/c1-2-13-7-14-16(24-13)19-10-21(17(14)23)9-15(22)20-12-5-3-4-11(6-12)8-18/h3-7,10H,2,9H2,1H3,(H,20,22). The van der Waals surface area contributed by atoms with Gasteiger partial charge in [-0.3, -0.25) is 14.2 Å². The van der Waals surface area contributed by atoms with E-state index in [9.17, 15) is 9.59 Å². The van der Waals surface area contributed by atoms with Crippen molar-refractivity contribution >= 4 is 33.1 Å². The lowest BCUT2D eigenvalue weighted by atomic mass is 10.2. The summed E-state index contributed by atoms with van der Waals surface area (Å²) in [5.41, 5.74) is 0.750. The molecule has 0 atom stereocenters. The molecule has 0 radical (unpaired) electrons. The molecule has 3 aromatic rings. The van der Waals surface area contributed by atoms with Gasteiger partial charge in [0.15, 0.2) is 0 Å². The Hall–Kier alpha value is -2.98. The number of nitriles is 1. The lowest BCUT2D eigenvalue weighted by molar-refractivity contribution is -0.116. The minimum absolute atomic E-state index is 0.129. The molecule has 2 aromatic heterocycles. The highest BCUT2D eigenvalue weighted by molar-refractivity contribution is 7.18. The van der Waals surface area contributed by atoms with Crippen molar-refractivity contribution in [2.45, 2.75) is 19.9 Å². The predicted octanol–water partition coefficient (Wildman–Crippen LogP) is 2.53. The number of benzene rings is 1. The number of anilines is 1. The maximum Gasteiger partial charge on any atom is 0.262 e. The van der Waals surface area contributed by atoms with Gasteiger partial charge in [0.2, 0.25) is 5.91 Å². The third kappa shape index (κ3) is 3.19. The number of nitrogens with one attached hydrogen (secondary N) is 1. The number of rotatable bonds is 4. The molecule has 0 spiro atoms. The fraction of sp³-hybridized carbons (Fsp3) is 0.176. The topological polar surface area (TPSA) is 87.8 Å². The van der Waals surface area contributed by atoms with Crippen LogP contribution in [0, 0.1) is 11.3 Å². The summed E-state index contributed by atoms with van der Waals surface area (Å²) >= 11 is 1.49. The Morgan fingerprint density at radius 3 is 3.00 bits per heavy atom. The molecule has 120 valence electrons. The molecule has 1 aromatic carbocycles. The van der Waals surface area contributed by atoms with Crippen LogP contribution in [0.4, 0.5) is 5.69 Å². The van der Waals surface area contributed by atoms with Crippen molar-refractivity contribution in [3.05, 3.63) is 57.5 Å². The van der Waals surface area contributed by atoms with Crippen molar-refractivity contribution in [2.24, 2.45) is 0 Å². The molecule has 7 heteroatoms. The Morgan fingerprint density at radius 2 is 2.25 bits per heavy atom. The molecule has 24 heavy (non-hydrogen) atoms. The molecule has 2 heterocycles. The SMILES string of the molecule is CCc1cc2c(=O)n(CC(=O)Nc3cccc(C#N)c3)cnc2s1. The quantitative estimate of drug-likeness (QED) is 0.792. The summed E-state index contributed by atoms with van der Waals surface area (Å²) < 4.78 is 1.29. The van der Waals surface area contributed by atoms with Crippen LogP contribution in [0.3, 0.4) is 0 Å². The summed E-state index contributed by atoms with van der Waals surface area (Å²) in [5, 5.41) is 12.1. The van der Waals surface area contributed by atoms with Gasteiger partial charge in [0.25, 0.3) is 5.56 Å². The van der Waals surface area contributed by atoms with Crippen molar-refractivity contribution in [2.75, 3.05) is 5.32 Å². The van der Waals surface area contributed by atoms with Crippen molar-refractivity contribution in [3.63, 3.8) is 0 Å². The van der Waals surface area contributed by atoms with Gasteiger partial charge in [-0.05, 0) is 30.7 Å². The van der Waals surface area contributed by atoms with Gasteiger partial charge < -0.3 is 5.32 Å². The minimum Gasteiger partial charge on any atom is -0.324 e. The molecule has 1 N–H and O–H groups in total. The van der Waals surface area contributed by atoms with E-state index in [0.29, 0.717) is 21.5 Å². The molecule has 6 nitrogen and oxygen atoms in total. The summed E-state index contributed by atoms with van der Waals surface area (Å²) in [6, 6.07) is 10.5. The van der Waals surface area contributed by atoms with Crippen LogP contribution in [-0.2, 0) is 17.8 Å². The predicted molar refractivity (Wildman–Crippen MR) is 93.0 cm³/mol. The molecule has 0 saturated heterocycles. The van der Waals surface area contributed by atoms with E-state index in [1.807, 2.05) is 19.1 Å². The highest BCUT2D eigenvalue weighted by Crippen LogP contribution is 2.21. The first-order chi connectivity index (χ1) is 11.6. The van der Waals surface area contributed by atoms with E-state index in [2.05, 4.69) is 10.3 Å². The first-order valence-electron chi connectivity index (χ1n) is 7.38. The summed E-state index contributed by atoms with van der Waals surface area (Å²) in [5.74, 6) is -0.348. The average Bonchev–Trinajstić information content (AvgIpc) is 3.02. The third-order valence-corrected chi connectivity index (χ3v) is 4.69. The Morgan fingerprint density at radius 1 is 1.42 bits per heavy atom. The van der Waals surface area contributed by atoms with Crippen LogP contribution in [0.5, 0.6) is 0 Å². The largest absolute Gasteiger partial charge is 0.324 e. The van der Waals surface area contributed by atoms with Crippen LogP contribution in [-0.4, -0.2) is 15.5 Å². The number of fused-ring (bicyclic) bond motifs is 1. The fourth-order valence-corrected chi connectivity index (χ4v) is 3.24. The van der Waals surface area contributed by atoms with E-state index >= 15 is 0 Å². The van der Waals surface area contributed by atoms with Crippen LogP contribution in [0.25, 0.3) is 10.2 Å². The van der Waals surface area contributed by atoms with E-state index in [4.69, 9.17) is 5.26 Å². The second-order valence-electron chi connectivity index (χ2n) is 5.20. The number of carbonyl (C=O) groups is 1. The lowest BCUT2D eigenvalue weighted by Gasteiger charge is -2.07. The van der Waals surface area contributed by atoms with Crippen molar-refractivity contribution < 1.29 is 4.79 Å². The number of nitrogens with zero attached hydrogens (tertiary/aromatic N) is 3. The van der Waals surface area contributed by atoms with E-state index < -0.39 is 0 Å². The third-order valence-electron chi connectivity index (χ3n) is 3.51. The van der Waals surface area contributed by atoms with E-state index in [1.165, 1.54) is 22.2 Å². The van der Waals surface area contributed by atoms with Gasteiger partial charge in [-0.15, -0.1) is 11.3 Å². The van der Waals surface area contributed by atoms with Gasteiger partial charge in [-0.1, -0.05) is 13.0 Å². The van der Waals surface area contributed by atoms with Crippen LogP contribution in [0.2, 0.25) is 0 Å². The number of aromatic nitrogens is 2. The molecule has 0 bridgehead atoms. The highest BCUT2D eigenvalue weighted by atomic mass is 32.1. The van der Waals surface area contributed by atoms with Crippen LogP contribution in [0.1, 0.15) is 17.4 Å². The number of hydrogen-bond acceptors (Lipinski definition) is 5. The second-order valence-corrected chi connectivity index (χ2v) is 6.32. The molecule has 3 rings (SSSR count). The minimum atomic E-state index is -0.348. The van der Waals surface area contributed by atoms with E-state index in [-0.39, 0.29) is 18.0 Å². The van der Waals surface area contributed by atoms with Gasteiger partial charge in [0, 0.05) is 10.6 Å². The average molecular weight is 338 g/mol. The van der Waals surface area contributed by atoms with E-state index in [0.717, 1.165) is 11.3 Å². The number of amides is 1. The van der Waals surface area contributed by atoms with Crippen molar-refractivity contribution in [1.82, 2.24) is 9.55 Å². The molecule has 0 saturated carbocycles. The number of hydrogen-bond donors (Lipinski definition) is 1. The summed E-state index contributed by atoms with van der Waals surface area (Å²) in [7, 11) is 0. The van der Waals surface area contributed by atoms with E-state index in [1.54, 1.807) is 24.3 Å². The molecule has 0 aliphatic rings. The van der Waals surface area contributed by atoms with Crippen molar-refractivity contribution in [3.8, 4) is 6.07 Å². The Bertz CT molecular complexity index is 1010. The zero-order chi connectivity index (χ0) is 17.1. The van der Waals surface area contributed by atoms with Gasteiger partial charge in [-0.25, -0.2) is 4.98 Å². The van der Waals surface area contributed by atoms with Gasteiger partial charge in [0.1, 0.15) is 11.4 Å². The van der Waals surface area contributed by atoms with Gasteiger partial charge in [-0.2, -0.15) is 5.26 Å². The number of carbonyl (C=O) groups excluding carboxylic acids is 1. The van der Waals surface area contributed by atoms with Crippen molar-refractivity contribution in [1.29, 1.82) is 5.26 Å². The number of thiophene rings is 1. The van der Waals surface area contributed by atoms with Crippen LogP contribution < -0.4 is 10.9 Å². The highest BCUT2D eigenvalue weighted by Gasteiger charge is 2.11. The zero-order valence-corrected chi connectivity index (χ0v) is 13.8. The first-order valence-corrected chi connectivity index (χ1v) is 8.20. The van der Waals surface area contributed by atoms with Crippen LogP contribution in [0.15, 0.2) is 41.5 Å². The normalized spacial score (nSPS) is 10.5.